The van der Waals surface area contributed by atoms with Gasteiger partial charge >= 0.3 is 0 Å². The van der Waals surface area contributed by atoms with E-state index >= 15 is 0 Å². The molecule has 3 nitrogen and oxygen atoms in total. The summed E-state index contributed by atoms with van der Waals surface area (Å²) >= 11 is 0. The minimum absolute atomic E-state index is 0.616. The Morgan fingerprint density at radius 3 is 2.95 bits per heavy atom. The molecule has 1 aliphatic heterocycles. The summed E-state index contributed by atoms with van der Waals surface area (Å²) in [6.45, 7) is 3.07. The van der Waals surface area contributed by atoms with Crippen molar-refractivity contribution in [2.75, 3.05) is 13.1 Å². The third-order valence-electron chi connectivity index (χ3n) is 4.38. The summed E-state index contributed by atoms with van der Waals surface area (Å²) in [6, 6.07) is 4.22. The van der Waals surface area contributed by atoms with Crippen molar-refractivity contribution in [3.63, 3.8) is 0 Å². The van der Waals surface area contributed by atoms with Crippen LogP contribution in [0.15, 0.2) is 30.7 Å². The molecule has 1 N–H and O–H groups in total. The minimum atomic E-state index is -0.771. The molecule has 2 heterocycles. The molecule has 0 amide bonds. The van der Waals surface area contributed by atoms with Crippen molar-refractivity contribution < 1.29 is 8.78 Å². The molecular weight excluding hydrogens is 284 g/mol. The van der Waals surface area contributed by atoms with Crippen LogP contribution >= 0.6 is 0 Å². The molecule has 0 unspecified atom stereocenters. The minimum Gasteiger partial charge on any atom is -0.347 e. The predicted molar refractivity (Wildman–Crippen MR) is 81.3 cm³/mol. The summed E-state index contributed by atoms with van der Waals surface area (Å²) in [5.74, 6) is -0.904. The van der Waals surface area contributed by atoms with Crippen LogP contribution < -0.4 is 0 Å². The Morgan fingerprint density at radius 1 is 1.27 bits per heavy atom. The van der Waals surface area contributed by atoms with Gasteiger partial charge in [0.05, 0.1) is 6.33 Å². The fourth-order valence-corrected chi connectivity index (χ4v) is 3.21. The van der Waals surface area contributed by atoms with Crippen molar-refractivity contribution in [2.24, 2.45) is 5.92 Å². The number of aromatic nitrogens is 2. The summed E-state index contributed by atoms with van der Waals surface area (Å²) < 4.78 is 26.2. The van der Waals surface area contributed by atoms with E-state index in [1.165, 1.54) is 25.0 Å². The first-order valence-corrected chi connectivity index (χ1v) is 7.84. The van der Waals surface area contributed by atoms with Crippen LogP contribution in [-0.2, 0) is 13.0 Å². The number of imidazole rings is 1. The molecule has 0 spiro atoms. The van der Waals surface area contributed by atoms with Crippen LogP contribution in [0.5, 0.6) is 0 Å². The quantitative estimate of drug-likeness (QED) is 0.916. The maximum absolute atomic E-state index is 13.2. The van der Waals surface area contributed by atoms with Gasteiger partial charge in [-0.25, -0.2) is 13.8 Å². The topological polar surface area (TPSA) is 31.9 Å². The lowest BCUT2D eigenvalue weighted by Crippen LogP contribution is -2.35. The standard InChI is InChI=1S/C17H21F2N3/c18-16-6-5-13(8-17(16)19)3-4-14-2-1-7-22(10-14)11-15-9-20-12-21-15/h5-6,8-9,12,14H,1-4,7,10-11H2,(H,20,21)/t14-/m0/s1. The van der Waals surface area contributed by atoms with E-state index in [1.807, 2.05) is 6.20 Å². The SMILES string of the molecule is Fc1ccc(CC[C@@H]2CCCN(Cc3cnc[nH]3)C2)cc1F. The first-order chi connectivity index (χ1) is 10.7. The predicted octanol–water partition coefficient (Wildman–Crippen LogP) is 3.53. The third-order valence-corrected chi connectivity index (χ3v) is 4.38. The van der Waals surface area contributed by atoms with Gasteiger partial charge in [0.1, 0.15) is 0 Å². The highest BCUT2D eigenvalue weighted by Gasteiger charge is 2.20. The van der Waals surface area contributed by atoms with E-state index < -0.39 is 11.6 Å². The highest BCUT2D eigenvalue weighted by Crippen LogP contribution is 2.23. The number of nitrogens with one attached hydrogen (secondary N) is 1. The number of hydrogen-bond acceptors (Lipinski definition) is 2. The average Bonchev–Trinajstić information content (AvgIpc) is 3.02. The van der Waals surface area contributed by atoms with Gasteiger partial charge in [0.2, 0.25) is 0 Å². The fourth-order valence-electron chi connectivity index (χ4n) is 3.21. The highest BCUT2D eigenvalue weighted by molar-refractivity contribution is 5.17. The lowest BCUT2D eigenvalue weighted by atomic mass is 9.91. The molecule has 0 radical (unpaired) electrons. The zero-order valence-electron chi connectivity index (χ0n) is 12.6. The van der Waals surface area contributed by atoms with E-state index in [2.05, 4.69) is 14.9 Å². The monoisotopic (exact) mass is 305 g/mol. The Kier molecular flexibility index (Phi) is 4.83. The van der Waals surface area contributed by atoms with Crippen LogP contribution in [0.2, 0.25) is 0 Å². The van der Waals surface area contributed by atoms with Gasteiger partial charge in [0, 0.05) is 25.0 Å². The van der Waals surface area contributed by atoms with Crippen molar-refractivity contribution in [1.82, 2.24) is 14.9 Å². The second kappa shape index (κ2) is 7.01. The molecule has 118 valence electrons. The Hall–Kier alpha value is -1.75. The molecule has 3 rings (SSSR count). The molecule has 1 aromatic carbocycles. The van der Waals surface area contributed by atoms with Gasteiger partial charge in [-0.2, -0.15) is 0 Å². The molecule has 1 fully saturated rings. The number of aryl methyl sites for hydroxylation is 1. The van der Waals surface area contributed by atoms with Crippen LogP contribution in [0.4, 0.5) is 8.78 Å². The number of hydrogen-bond donors (Lipinski definition) is 1. The molecule has 0 bridgehead atoms. The maximum Gasteiger partial charge on any atom is 0.159 e. The molecule has 1 aliphatic rings. The lowest BCUT2D eigenvalue weighted by Gasteiger charge is -2.32. The number of likely N-dealkylation sites (tertiary alicyclic amines) is 1. The van der Waals surface area contributed by atoms with Crippen LogP contribution in [0.25, 0.3) is 0 Å². The number of H-pyrrole nitrogens is 1. The van der Waals surface area contributed by atoms with Gasteiger partial charge in [0.25, 0.3) is 0 Å². The van der Waals surface area contributed by atoms with E-state index in [1.54, 1.807) is 12.4 Å². The maximum atomic E-state index is 13.2. The molecule has 1 atom stereocenters. The largest absolute Gasteiger partial charge is 0.347 e. The number of nitrogens with zero attached hydrogens (tertiary/aromatic N) is 2. The zero-order valence-corrected chi connectivity index (χ0v) is 12.6. The summed E-state index contributed by atoms with van der Waals surface area (Å²) in [7, 11) is 0. The smallest absolute Gasteiger partial charge is 0.159 e. The number of halogens is 2. The second-order valence-corrected chi connectivity index (χ2v) is 6.11. The number of aromatic amines is 1. The van der Waals surface area contributed by atoms with E-state index in [0.717, 1.165) is 43.7 Å². The summed E-state index contributed by atoms with van der Waals surface area (Å²) in [5, 5.41) is 0. The molecular formula is C17H21F2N3. The fraction of sp³-hybridized carbons (Fsp3) is 0.471. The van der Waals surface area contributed by atoms with Crippen LogP contribution in [0.3, 0.4) is 0 Å². The number of rotatable bonds is 5. The summed E-state index contributed by atoms with van der Waals surface area (Å²) in [5.41, 5.74) is 2.02. The van der Waals surface area contributed by atoms with Gasteiger partial charge in [-0.3, -0.25) is 4.90 Å². The van der Waals surface area contributed by atoms with Gasteiger partial charge in [-0.1, -0.05) is 6.07 Å². The van der Waals surface area contributed by atoms with Gasteiger partial charge in [0.15, 0.2) is 11.6 Å². The van der Waals surface area contributed by atoms with Crippen LogP contribution in [0, 0.1) is 17.6 Å². The lowest BCUT2D eigenvalue weighted by molar-refractivity contribution is 0.160. The van der Waals surface area contributed by atoms with Gasteiger partial charge < -0.3 is 4.98 Å². The van der Waals surface area contributed by atoms with Crippen LogP contribution in [0.1, 0.15) is 30.5 Å². The Balaban J connectivity index is 1.50. The molecule has 0 saturated carbocycles. The molecule has 0 aliphatic carbocycles. The molecule has 2 aromatic rings. The first kappa shape index (κ1) is 15.2. The second-order valence-electron chi connectivity index (χ2n) is 6.11. The average molecular weight is 305 g/mol. The summed E-state index contributed by atoms with van der Waals surface area (Å²) in [4.78, 5) is 9.63. The molecule has 1 aromatic heterocycles. The number of benzene rings is 1. The van der Waals surface area contributed by atoms with Gasteiger partial charge in [-0.15, -0.1) is 0 Å². The zero-order chi connectivity index (χ0) is 15.4. The molecule has 5 heteroatoms. The molecule has 22 heavy (non-hydrogen) atoms. The normalized spacial score (nSPS) is 19.5. The first-order valence-electron chi connectivity index (χ1n) is 7.84. The molecule has 1 saturated heterocycles. The third kappa shape index (κ3) is 3.91. The van der Waals surface area contributed by atoms with E-state index in [-0.39, 0.29) is 0 Å². The van der Waals surface area contributed by atoms with Crippen molar-refractivity contribution >= 4 is 0 Å². The Morgan fingerprint density at radius 2 is 2.18 bits per heavy atom. The van der Waals surface area contributed by atoms with E-state index in [4.69, 9.17) is 0 Å². The van der Waals surface area contributed by atoms with E-state index in [0.29, 0.717) is 5.92 Å². The van der Waals surface area contributed by atoms with Crippen molar-refractivity contribution in [3.8, 4) is 0 Å². The van der Waals surface area contributed by atoms with E-state index in [9.17, 15) is 8.78 Å². The van der Waals surface area contributed by atoms with Crippen molar-refractivity contribution in [2.45, 2.75) is 32.2 Å². The summed E-state index contributed by atoms with van der Waals surface area (Å²) in [6.07, 6.45) is 7.80. The van der Waals surface area contributed by atoms with Gasteiger partial charge in [-0.05, 0) is 55.8 Å². The highest BCUT2D eigenvalue weighted by atomic mass is 19.2. The van der Waals surface area contributed by atoms with Crippen LogP contribution in [-0.4, -0.2) is 28.0 Å². The Bertz CT molecular complexity index is 598. The van der Waals surface area contributed by atoms with Crippen molar-refractivity contribution in [3.05, 3.63) is 53.6 Å². The Labute approximate surface area is 129 Å². The van der Waals surface area contributed by atoms with Crippen molar-refractivity contribution in [1.29, 1.82) is 0 Å². The number of piperidine rings is 1.